The predicted molar refractivity (Wildman–Crippen MR) is 66.0 cm³/mol. The number of methoxy groups -OCH3 is 1. The van der Waals surface area contributed by atoms with E-state index in [1.54, 1.807) is 7.11 Å². The maximum atomic E-state index is 10.9. The van der Waals surface area contributed by atoms with E-state index in [0.717, 1.165) is 39.0 Å². The van der Waals surface area contributed by atoms with Gasteiger partial charge in [0, 0.05) is 32.7 Å². The number of hydrogen-bond donors (Lipinski definition) is 2. The summed E-state index contributed by atoms with van der Waals surface area (Å²) in [6.07, 6.45) is 3.81. The smallest absolute Gasteiger partial charge is 0.220 e. The molecule has 1 unspecified atom stereocenters. The quantitative estimate of drug-likeness (QED) is 0.543. The van der Waals surface area contributed by atoms with E-state index >= 15 is 0 Å². The molecule has 0 aromatic rings. The van der Waals surface area contributed by atoms with Crippen LogP contribution in [0.3, 0.4) is 0 Å². The van der Waals surface area contributed by atoms with Crippen LogP contribution in [-0.4, -0.2) is 52.0 Å². The molecule has 0 spiro atoms. The molecular weight excluding hydrogens is 220 g/mol. The van der Waals surface area contributed by atoms with E-state index in [1.807, 2.05) is 0 Å². The summed E-state index contributed by atoms with van der Waals surface area (Å²) in [6.45, 7) is 4.01. The maximum Gasteiger partial charge on any atom is 0.220 e. The van der Waals surface area contributed by atoms with E-state index in [0.29, 0.717) is 25.7 Å². The molecule has 1 heterocycles. The van der Waals surface area contributed by atoms with Crippen LogP contribution < -0.4 is 10.6 Å². The molecule has 0 saturated carbocycles. The Bertz CT molecular complexity index is 212. The van der Waals surface area contributed by atoms with Gasteiger partial charge in [0.15, 0.2) is 0 Å². The van der Waals surface area contributed by atoms with Crippen LogP contribution in [0.2, 0.25) is 0 Å². The molecule has 0 aliphatic carbocycles. The first-order valence-corrected chi connectivity index (χ1v) is 6.39. The first-order valence-electron chi connectivity index (χ1n) is 6.39. The molecule has 1 saturated heterocycles. The summed E-state index contributed by atoms with van der Waals surface area (Å²) in [6, 6.07) is 0.334. The van der Waals surface area contributed by atoms with Crippen molar-refractivity contribution in [1.29, 1.82) is 0 Å². The Kier molecular flexibility index (Phi) is 7.96. The highest BCUT2D eigenvalue weighted by Gasteiger charge is 2.19. The second-order valence-corrected chi connectivity index (χ2v) is 4.32. The maximum absolute atomic E-state index is 10.9. The average molecular weight is 244 g/mol. The number of unbranched alkanes of at least 4 members (excludes halogenated alkanes) is 1. The van der Waals surface area contributed by atoms with Gasteiger partial charge in [0.1, 0.15) is 0 Å². The molecule has 0 radical (unpaired) electrons. The van der Waals surface area contributed by atoms with Crippen molar-refractivity contribution in [3.63, 3.8) is 0 Å². The first-order chi connectivity index (χ1) is 8.33. The second kappa shape index (κ2) is 9.39. The van der Waals surface area contributed by atoms with Gasteiger partial charge < -0.3 is 20.1 Å². The summed E-state index contributed by atoms with van der Waals surface area (Å²) in [4.78, 5) is 10.9. The van der Waals surface area contributed by atoms with Crippen LogP contribution >= 0.6 is 0 Å². The number of nitrogens with one attached hydrogen (secondary N) is 2. The number of rotatable bonds is 10. The van der Waals surface area contributed by atoms with Gasteiger partial charge >= 0.3 is 0 Å². The molecule has 1 aliphatic heterocycles. The van der Waals surface area contributed by atoms with Gasteiger partial charge in [-0.05, 0) is 25.8 Å². The lowest BCUT2D eigenvalue weighted by Crippen LogP contribution is -2.36. The zero-order chi connectivity index (χ0) is 12.3. The van der Waals surface area contributed by atoms with Crippen LogP contribution in [0.15, 0.2) is 0 Å². The van der Waals surface area contributed by atoms with Gasteiger partial charge in [-0.2, -0.15) is 0 Å². The normalized spacial score (nSPS) is 19.6. The van der Waals surface area contributed by atoms with Crippen molar-refractivity contribution in [2.24, 2.45) is 0 Å². The van der Waals surface area contributed by atoms with Crippen LogP contribution in [0.25, 0.3) is 0 Å². The third kappa shape index (κ3) is 7.31. The van der Waals surface area contributed by atoms with Gasteiger partial charge in [-0.1, -0.05) is 0 Å². The molecule has 2 N–H and O–H groups in total. The topological polar surface area (TPSA) is 59.6 Å². The Hall–Kier alpha value is -0.650. The van der Waals surface area contributed by atoms with E-state index in [4.69, 9.17) is 9.47 Å². The van der Waals surface area contributed by atoms with Gasteiger partial charge in [-0.15, -0.1) is 0 Å². The second-order valence-electron chi connectivity index (χ2n) is 4.32. The van der Waals surface area contributed by atoms with E-state index in [-0.39, 0.29) is 5.91 Å². The van der Waals surface area contributed by atoms with Gasteiger partial charge in [0.25, 0.3) is 0 Å². The molecule has 1 amide bonds. The largest absolute Gasteiger partial charge is 0.382 e. The van der Waals surface area contributed by atoms with Crippen molar-refractivity contribution in [1.82, 2.24) is 10.6 Å². The summed E-state index contributed by atoms with van der Waals surface area (Å²) in [5.41, 5.74) is 0. The van der Waals surface area contributed by atoms with Crippen LogP contribution in [-0.2, 0) is 14.3 Å². The lowest BCUT2D eigenvalue weighted by molar-refractivity contribution is -0.119. The Labute approximate surface area is 103 Å². The summed E-state index contributed by atoms with van der Waals surface area (Å²) >= 11 is 0. The highest BCUT2D eigenvalue weighted by Crippen LogP contribution is 2.04. The van der Waals surface area contributed by atoms with Crippen molar-refractivity contribution >= 4 is 5.91 Å². The zero-order valence-electron chi connectivity index (χ0n) is 10.7. The lowest BCUT2D eigenvalue weighted by atomic mass is 10.2. The minimum absolute atomic E-state index is 0.184. The third-order valence-corrected chi connectivity index (χ3v) is 2.80. The van der Waals surface area contributed by atoms with E-state index in [1.165, 1.54) is 0 Å². The van der Waals surface area contributed by atoms with Crippen molar-refractivity contribution in [2.75, 3.05) is 40.0 Å². The highest BCUT2D eigenvalue weighted by atomic mass is 16.5. The number of amides is 1. The highest BCUT2D eigenvalue weighted by molar-refractivity contribution is 5.78. The van der Waals surface area contributed by atoms with Crippen molar-refractivity contribution < 1.29 is 14.3 Å². The van der Waals surface area contributed by atoms with Gasteiger partial charge in [-0.25, -0.2) is 0 Å². The standard InChI is InChI=1S/C12H24N2O3/c1-16-8-9-17-7-3-2-6-13-10-11-4-5-12(15)14-11/h11,13H,2-10H2,1H3,(H,14,15). The molecule has 5 heteroatoms. The molecule has 1 atom stereocenters. The molecule has 0 aromatic carbocycles. The van der Waals surface area contributed by atoms with E-state index in [2.05, 4.69) is 10.6 Å². The third-order valence-electron chi connectivity index (χ3n) is 2.80. The molecule has 0 bridgehead atoms. The number of carbonyl (C=O) groups excluding carboxylic acids is 1. The molecular formula is C12H24N2O3. The van der Waals surface area contributed by atoms with Gasteiger partial charge in [-0.3, -0.25) is 4.79 Å². The average Bonchev–Trinajstić information content (AvgIpc) is 2.73. The SMILES string of the molecule is COCCOCCCCNCC1CCC(=O)N1. The molecule has 1 aliphatic rings. The minimum Gasteiger partial charge on any atom is -0.382 e. The summed E-state index contributed by atoms with van der Waals surface area (Å²) in [5, 5.41) is 6.29. The van der Waals surface area contributed by atoms with Crippen molar-refractivity contribution in [2.45, 2.75) is 31.7 Å². The monoisotopic (exact) mass is 244 g/mol. The molecule has 100 valence electrons. The summed E-state index contributed by atoms with van der Waals surface area (Å²) < 4.78 is 10.2. The Balaban J connectivity index is 1.77. The first kappa shape index (κ1) is 14.4. The van der Waals surface area contributed by atoms with Crippen LogP contribution in [0.4, 0.5) is 0 Å². The number of hydrogen-bond acceptors (Lipinski definition) is 4. The van der Waals surface area contributed by atoms with Gasteiger partial charge in [0.2, 0.25) is 5.91 Å². The Morgan fingerprint density at radius 3 is 2.94 bits per heavy atom. The molecule has 5 nitrogen and oxygen atoms in total. The Morgan fingerprint density at radius 1 is 1.35 bits per heavy atom. The summed E-state index contributed by atoms with van der Waals surface area (Å²) in [7, 11) is 1.68. The van der Waals surface area contributed by atoms with E-state index in [9.17, 15) is 4.79 Å². The van der Waals surface area contributed by atoms with E-state index < -0.39 is 0 Å². The fourth-order valence-electron chi connectivity index (χ4n) is 1.81. The zero-order valence-corrected chi connectivity index (χ0v) is 10.7. The van der Waals surface area contributed by atoms with Gasteiger partial charge in [0.05, 0.1) is 13.2 Å². The Morgan fingerprint density at radius 2 is 2.24 bits per heavy atom. The fraction of sp³-hybridized carbons (Fsp3) is 0.917. The minimum atomic E-state index is 0.184. The predicted octanol–water partition coefficient (Wildman–Crippen LogP) is 0.298. The van der Waals surface area contributed by atoms with Crippen LogP contribution in [0.1, 0.15) is 25.7 Å². The lowest BCUT2D eigenvalue weighted by Gasteiger charge is -2.11. The number of ether oxygens (including phenoxy) is 2. The molecule has 0 aromatic heterocycles. The van der Waals surface area contributed by atoms with Crippen LogP contribution in [0.5, 0.6) is 0 Å². The number of carbonyl (C=O) groups is 1. The molecule has 17 heavy (non-hydrogen) atoms. The van der Waals surface area contributed by atoms with Crippen LogP contribution in [0, 0.1) is 0 Å². The molecule has 1 fully saturated rings. The van der Waals surface area contributed by atoms with Crippen molar-refractivity contribution in [3.05, 3.63) is 0 Å². The molecule has 1 rings (SSSR count). The fourth-order valence-corrected chi connectivity index (χ4v) is 1.81. The van der Waals surface area contributed by atoms with Crippen molar-refractivity contribution in [3.8, 4) is 0 Å². The summed E-state index contributed by atoms with van der Waals surface area (Å²) in [5.74, 6) is 0.184.